The summed E-state index contributed by atoms with van der Waals surface area (Å²) in [6.07, 6.45) is 11.7. The minimum atomic E-state index is -0.0780. The number of terminal acetylenes is 1. The lowest BCUT2D eigenvalue weighted by Crippen LogP contribution is -2.57. The third-order valence-electron chi connectivity index (χ3n) is 9.02. The fraction of sp³-hybridized carbons (Fsp3) is 0.371. The molecule has 1 N–H and O–H groups in total. The SMILES string of the molecule is C#Cc1cc(-c2ccnc3cc(-c4ccc(C(=O)NC5CN6CCC5CC6)cc4OC)oc23)ccc1OC1CCOCC1. The lowest BCUT2D eigenvalue weighted by atomic mass is 9.84. The molecule has 8 heteroatoms. The molecule has 6 heterocycles. The van der Waals surface area contributed by atoms with Gasteiger partial charge in [-0.05, 0) is 73.8 Å². The van der Waals surface area contributed by atoms with Gasteiger partial charge in [-0.3, -0.25) is 9.78 Å². The average molecular weight is 578 g/mol. The van der Waals surface area contributed by atoms with Crippen molar-refractivity contribution in [2.24, 2.45) is 5.92 Å². The van der Waals surface area contributed by atoms with Crippen molar-refractivity contribution in [1.29, 1.82) is 0 Å². The van der Waals surface area contributed by atoms with Crippen molar-refractivity contribution in [3.63, 3.8) is 0 Å². The minimum absolute atomic E-state index is 0.0780. The first-order valence-corrected chi connectivity index (χ1v) is 15.0. The summed E-state index contributed by atoms with van der Waals surface area (Å²) in [5.41, 5.74) is 5.14. The zero-order valence-corrected chi connectivity index (χ0v) is 24.3. The molecule has 8 rings (SSSR count). The van der Waals surface area contributed by atoms with Crippen LogP contribution in [0.5, 0.6) is 11.5 Å². The molecular formula is C35H35N3O5. The lowest BCUT2D eigenvalue weighted by Gasteiger charge is -2.44. The van der Waals surface area contributed by atoms with Crippen molar-refractivity contribution in [2.45, 2.75) is 37.8 Å². The number of carbonyl (C=O) groups excluding carboxylic acids is 1. The molecule has 43 heavy (non-hydrogen) atoms. The number of nitrogens with one attached hydrogen (secondary N) is 1. The van der Waals surface area contributed by atoms with Crippen molar-refractivity contribution >= 4 is 17.0 Å². The number of furan rings is 1. The quantitative estimate of drug-likeness (QED) is 0.289. The molecular weight excluding hydrogens is 542 g/mol. The van der Waals surface area contributed by atoms with Crippen LogP contribution in [0.2, 0.25) is 0 Å². The van der Waals surface area contributed by atoms with Gasteiger partial charge in [0.05, 0.1) is 31.5 Å². The van der Waals surface area contributed by atoms with Crippen LogP contribution in [0, 0.1) is 18.3 Å². The van der Waals surface area contributed by atoms with E-state index in [1.54, 1.807) is 19.4 Å². The molecule has 1 unspecified atom stereocenters. The summed E-state index contributed by atoms with van der Waals surface area (Å²) in [5, 5.41) is 3.26. The van der Waals surface area contributed by atoms with E-state index in [4.69, 9.17) is 25.1 Å². The smallest absolute Gasteiger partial charge is 0.251 e. The predicted octanol–water partition coefficient (Wildman–Crippen LogP) is 5.53. The van der Waals surface area contributed by atoms with E-state index in [2.05, 4.69) is 21.1 Å². The van der Waals surface area contributed by atoms with Crippen molar-refractivity contribution in [2.75, 3.05) is 40.0 Å². The Kier molecular flexibility index (Phi) is 7.52. The highest BCUT2D eigenvalue weighted by molar-refractivity contribution is 5.97. The molecule has 0 aliphatic carbocycles. The number of hydrogen-bond donors (Lipinski definition) is 1. The van der Waals surface area contributed by atoms with E-state index in [1.807, 2.05) is 42.5 Å². The van der Waals surface area contributed by atoms with Gasteiger partial charge in [-0.15, -0.1) is 6.42 Å². The normalized spacial score (nSPS) is 21.8. The van der Waals surface area contributed by atoms with Gasteiger partial charge in [0.2, 0.25) is 0 Å². The molecule has 1 atom stereocenters. The second-order valence-corrected chi connectivity index (χ2v) is 11.6. The Labute approximate surface area is 251 Å². The second kappa shape index (κ2) is 11.8. The summed E-state index contributed by atoms with van der Waals surface area (Å²) >= 11 is 0. The van der Waals surface area contributed by atoms with Crippen LogP contribution in [-0.4, -0.2) is 67.9 Å². The minimum Gasteiger partial charge on any atom is -0.496 e. The van der Waals surface area contributed by atoms with Gasteiger partial charge in [0.15, 0.2) is 5.58 Å². The third kappa shape index (κ3) is 5.47. The van der Waals surface area contributed by atoms with E-state index in [0.29, 0.717) is 58.6 Å². The molecule has 4 aliphatic heterocycles. The van der Waals surface area contributed by atoms with Gasteiger partial charge < -0.3 is 28.8 Å². The number of carbonyl (C=O) groups is 1. The molecule has 2 aromatic heterocycles. The number of amides is 1. The molecule has 1 amide bonds. The maximum atomic E-state index is 13.2. The number of pyridine rings is 1. The van der Waals surface area contributed by atoms with E-state index in [1.165, 1.54) is 0 Å². The fourth-order valence-electron chi connectivity index (χ4n) is 6.60. The Morgan fingerprint density at radius 1 is 1.02 bits per heavy atom. The van der Waals surface area contributed by atoms with E-state index in [9.17, 15) is 4.79 Å². The van der Waals surface area contributed by atoms with Crippen LogP contribution < -0.4 is 14.8 Å². The Hall–Kier alpha value is -4.32. The van der Waals surface area contributed by atoms with Crippen LogP contribution in [0.15, 0.2) is 59.1 Å². The highest BCUT2D eigenvalue weighted by Gasteiger charge is 2.35. The molecule has 0 saturated carbocycles. The highest BCUT2D eigenvalue weighted by Crippen LogP contribution is 2.39. The van der Waals surface area contributed by atoms with Gasteiger partial charge in [0, 0.05) is 48.8 Å². The van der Waals surface area contributed by atoms with Crippen LogP contribution >= 0.6 is 0 Å². The predicted molar refractivity (Wildman–Crippen MR) is 164 cm³/mol. The summed E-state index contributed by atoms with van der Waals surface area (Å²) in [5.74, 6) is 5.13. The average Bonchev–Trinajstić information content (AvgIpc) is 3.50. The highest BCUT2D eigenvalue weighted by atomic mass is 16.5. The Morgan fingerprint density at radius 3 is 2.60 bits per heavy atom. The zero-order chi connectivity index (χ0) is 29.3. The summed E-state index contributed by atoms with van der Waals surface area (Å²) in [6.45, 7) is 4.59. The Balaban J connectivity index is 1.15. The van der Waals surface area contributed by atoms with Crippen molar-refractivity contribution in [3.05, 3.63) is 65.9 Å². The number of nitrogens with zero attached hydrogens (tertiary/aromatic N) is 2. The Bertz CT molecular complexity index is 1690. The van der Waals surface area contributed by atoms with Gasteiger partial charge in [-0.1, -0.05) is 12.0 Å². The van der Waals surface area contributed by atoms with Gasteiger partial charge in [-0.25, -0.2) is 0 Å². The summed E-state index contributed by atoms with van der Waals surface area (Å²) in [7, 11) is 1.60. The number of rotatable bonds is 7. The van der Waals surface area contributed by atoms with Crippen LogP contribution in [0.1, 0.15) is 41.6 Å². The third-order valence-corrected chi connectivity index (χ3v) is 9.02. The summed E-state index contributed by atoms with van der Waals surface area (Å²) < 4.78 is 23.8. The standard InChI is InChI=1S/C35H35N3O5/c1-3-22-18-24(5-7-31(22)42-26-11-16-41-17-12-26)27-8-13-36-29-20-33(43-34(27)29)28-6-4-25(19-32(28)40-2)35(39)37-30-21-38-14-9-23(30)10-15-38/h1,4-8,13,18-20,23,26,30H,9-12,14-17,21H2,2H3,(H,37,39). The summed E-state index contributed by atoms with van der Waals surface area (Å²) in [6, 6.07) is 15.4. The number of fused-ring (bicyclic) bond motifs is 4. The molecule has 8 nitrogen and oxygen atoms in total. The zero-order valence-electron chi connectivity index (χ0n) is 24.3. The first kappa shape index (κ1) is 27.5. The number of methoxy groups -OCH3 is 1. The van der Waals surface area contributed by atoms with Gasteiger partial charge >= 0.3 is 0 Å². The monoisotopic (exact) mass is 577 g/mol. The topological polar surface area (TPSA) is 86.1 Å². The van der Waals surface area contributed by atoms with E-state index in [0.717, 1.165) is 62.0 Å². The number of ether oxygens (including phenoxy) is 3. The molecule has 4 aliphatic rings. The number of hydrogen-bond acceptors (Lipinski definition) is 7. The van der Waals surface area contributed by atoms with E-state index >= 15 is 0 Å². The first-order chi connectivity index (χ1) is 21.1. The number of aromatic nitrogens is 1. The number of piperidine rings is 3. The molecule has 0 radical (unpaired) electrons. The number of benzene rings is 2. The maximum absolute atomic E-state index is 13.2. The van der Waals surface area contributed by atoms with Gasteiger partial charge in [-0.2, -0.15) is 0 Å². The van der Waals surface area contributed by atoms with Gasteiger partial charge in [0.25, 0.3) is 5.91 Å². The molecule has 220 valence electrons. The van der Waals surface area contributed by atoms with Crippen molar-refractivity contribution in [3.8, 4) is 46.3 Å². The summed E-state index contributed by atoms with van der Waals surface area (Å²) in [4.78, 5) is 20.2. The molecule has 4 fully saturated rings. The van der Waals surface area contributed by atoms with Crippen LogP contribution in [0.25, 0.3) is 33.6 Å². The molecule has 4 saturated heterocycles. The molecule has 2 aromatic carbocycles. The van der Waals surface area contributed by atoms with E-state index < -0.39 is 0 Å². The fourth-order valence-corrected chi connectivity index (χ4v) is 6.60. The largest absolute Gasteiger partial charge is 0.496 e. The van der Waals surface area contributed by atoms with Crippen LogP contribution in [0.4, 0.5) is 0 Å². The van der Waals surface area contributed by atoms with Crippen LogP contribution in [0.3, 0.4) is 0 Å². The first-order valence-electron chi connectivity index (χ1n) is 15.0. The van der Waals surface area contributed by atoms with Crippen LogP contribution in [-0.2, 0) is 4.74 Å². The lowest BCUT2D eigenvalue weighted by molar-refractivity contribution is 0.0254. The molecule has 0 spiro atoms. The molecule has 2 bridgehead atoms. The molecule has 4 aromatic rings. The van der Waals surface area contributed by atoms with Crippen molar-refractivity contribution < 1.29 is 23.4 Å². The Morgan fingerprint density at radius 2 is 1.86 bits per heavy atom. The second-order valence-electron chi connectivity index (χ2n) is 11.6. The van der Waals surface area contributed by atoms with Crippen molar-refractivity contribution in [1.82, 2.24) is 15.2 Å². The van der Waals surface area contributed by atoms with E-state index in [-0.39, 0.29) is 18.1 Å². The maximum Gasteiger partial charge on any atom is 0.251 e. The van der Waals surface area contributed by atoms with Gasteiger partial charge in [0.1, 0.15) is 28.9 Å².